The van der Waals surface area contributed by atoms with E-state index in [2.05, 4.69) is 10.3 Å². The molecule has 2 atom stereocenters. The van der Waals surface area contributed by atoms with E-state index in [0.29, 0.717) is 21.5 Å². The zero-order valence-electron chi connectivity index (χ0n) is 15.8. The highest BCUT2D eigenvalue weighted by Gasteiger charge is 2.62. The Morgan fingerprint density at radius 2 is 1.79 bits per heavy atom. The fourth-order valence-corrected chi connectivity index (χ4v) is 5.11. The molecule has 1 aromatic heterocycles. The molecule has 2 unspecified atom stereocenters. The van der Waals surface area contributed by atoms with Gasteiger partial charge in [-0.1, -0.05) is 50.2 Å². The Kier molecular flexibility index (Phi) is 4.25. The van der Waals surface area contributed by atoms with Crippen LogP contribution in [0.2, 0.25) is 0 Å². The van der Waals surface area contributed by atoms with Crippen molar-refractivity contribution in [3.63, 3.8) is 0 Å². The summed E-state index contributed by atoms with van der Waals surface area (Å²) in [6.45, 7) is 5.29. The van der Waals surface area contributed by atoms with Crippen LogP contribution in [0, 0.1) is 6.92 Å². The Labute approximate surface area is 165 Å². The Morgan fingerprint density at radius 3 is 2.43 bits per heavy atom. The summed E-state index contributed by atoms with van der Waals surface area (Å²) in [4.78, 5) is 4.42. The summed E-state index contributed by atoms with van der Waals surface area (Å²) < 4.78 is 43.6. The molecule has 0 saturated carbocycles. The van der Waals surface area contributed by atoms with Gasteiger partial charge in [-0.05, 0) is 36.0 Å². The van der Waals surface area contributed by atoms with Crippen LogP contribution in [0.3, 0.4) is 0 Å². The summed E-state index contributed by atoms with van der Waals surface area (Å²) in [5.74, 6) is 0. The molecular formula is C21H21F3N2OS. The molecule has 0 fully saturated rings. The van der Waals surface area contributed by atoms with Crippen LogP contribution in [0.5, 0.6) is 0 Å². The molecule has 0 aliphatic carbocycles. The molecule has 3 aromatic rings. The van der Waals surface area contributed by atoms with Crippen molar-refractivity contribution in [1.82, 2.24) is 4.98 Å². The molecule has 0 saturated heterocycles. The molecule has 148 valence electrons. The largest absolute Gasteiger partial charge is 0.419 e. The second-order valence-electron chi connectivity index (χ2n) is 8.04. The van der Waals surface area contributed by atoms with Gasteiger partial charge in [-0.3, -0.25) is 0 Å². The number of anilines is 1. The van der Waals surface area contributed by atoms with E-state index in [1.54, 1.807) is 50.2 Å². The maximum atomic E-state index is 14.3. The Morgan fingerprint density at radius 1 is 1.11 bits per heavy atom. The van der Waals surface area contributed by atoms with Gasteiger partial charge in [0, 0.05) is 0 Å². The van der Waals surface area contributed by atoms with Crippen molar-refractivity contribution in [2.24, 2.45) is 0 Å². The number of thiazole rings is 1. The first-order valence-corrected chi connectivity index (χ1v) is 9.86. The number of rotatable bonds is 4. The highest BCUT2D eigenvalue weighted by molar-refractivity contribution is 7.18. The number of alkyl halides is 3. The first-order valence-electron chi connectivity index (χ1n) is 9.04. The molecule has 5 rings (SSSR count). The summed E-state index contributed by atoms with van der Waals surface area (Å²) in [6, 6.07) is 11.1. The molecule has 3 nitrogen and oxygen atoms in total. The Bertz CT molecular complexity index is 1030. The quantitative estimate of drug-likeness (QED) is 0.581. The fourth-order valence-electron chi connectivity index (χ4n) is 4.12. The van der Waals surface area contributed by atoms with E-state index >= 15 is 0 Å². The van der Waals surface area contributed by atoms with Gasteiger partial charge in [0.25, 0.3) is 0 Å². The molecule has 0 amide bonds. The van der Waals surface area contributed by atoms with Crippen LogP contribution >= 0.6 is 11.3 Å². The topological polar surface area (TPSA) is 45.2 Å². The molecule has 2 aromatic carbocycles. The Hall–Kier alpha value is -2.12. The number of nitrogens with zero attached hydrogens (tertiary/aromatic N) is 1. The second kappa shape index (κ2) is 6.19. The van der Waals surface area contributed by atoms with Gasteiger partial charge in [0.1, 0.15) is 5.52 Å². The summed E-state index contributed by atoms with van der Waals surface area (Å²) in [7, 11) is 0. The molecule has 2 aliphatic rings. The molecule has 0 spiro atoms. The molecule has 0 radical (unpaired) electrons. The maximum Gasteiger partial charge on any atom is 0.419 e. The third kappa shape index (κ3) is 2.88. The highest BCUT2D eigenvalue weighted by atomic mass is 32.1. The third-order valence-electron chi connectivity index (χ3n) is 5.53. The van der Waals surface area contributed by atoms with Gasteiger partial charge in [-0.25, -0.2) is 4.98 Å². The zero-order chi connectivity index (χ0) is 20.3. The molecule has 7 heteroatoms. The van der Waals surface area contributed by atoms with Crippen molar-refractivity contribution in [3.05, 3.63) is 58.6 Å². The fraction of sp³-hybridized carbons (Fsp3) is 0.381. The van der Waals surface area contributed by atoms with Crippen molar-refractivity contribution >= 4 is 27.2 Å². The standard InChI is InChI=1S/C21H21F3N2OS/c1-12-25-16-15-10-9-14(17(16)28-12)18(26-15)20(27,21(22,23)24)11-19(2,3)13-7-5-4-6-8-13/h4-10,18,26-27H,11H2,1-3H3. The van der Waals surface area contributed by atoms with Crippen molar-refractivity contribution in [3.8, 4) is 0 Å². The molecule has 2 N–H and O–H groups in total. The lowest BCUT2D eigenvalue weighted by Crippen LogP contribution is -2.56. The average molecular weight is 406 g/mol. The SMILES string of the molecule is Cc1nc2c3ccc(c2s1)C(C(O)(CC(C)(C)c1ccccc1)C(F)(F)F)N3. The van der Waals surface area contributed by atoms with Crippen LogP contribution in [0.1, 0.15) is 42.4 Å². The lowest BCUT2D eigenvalue weighted by Gasteiger charge is -2.45. The monoisotopic (exact) mass is 406 g/mol. The predicted molar refractivity (Wildman–Crippen MR) is 106 cm³/mol. The van der Waals surface area contributed by atoms with Crippen LogP contribution in [0.25, 0.3) is 10.2 Å². The van der Waals surface area contributed by atoms with Crippen molar-refractivity contribution in [1.29, 1.82) is 0 Å². The Balaban J connectivity index is 1.81. The summed E-state index contributed by atoms with van der Waals surface area (Å²) in [5, 5.41) is 14.8. The van der Waals surface area contributed by atoms with E-state index < -0.39 is 29.7 Å². The normalized spacial score (nSPS) is 18.9. The van der Waals surface area contributed by atoms with E-state index in [4.69, 9.17) is 0 Å². The van der Waals surface area contributed by atoms with Crippen LogP contribution < -0.4 is 5.32 Å². The molecular weight excluding hydrogens is 385 g/mol. The van der Waals surface area contributed by atoms with Gasteiger partial charge >= 0.3 is 6.18 Å². The number of hydrogen-bond acceptors (Lipinski definition) is 4. The van der Waals surface area contributed by atoms with Crippen LogP contribution in [-0.2, 0) is 5.41 Å². The average Bonchev–Trinajstić information content (AvgIpc) is 3.04. The lowest BCUT2D eigenvalue weighted by atomic mass is 9.70. The van der Waals surface area contributed by atoms with E-state index in [0.717, 1.165) is 10.6 Å². The minimum Gasteiger partial charge on any atom is -0.379 e. The van der Waals surface area contributed by atoms with Gasteiger partial charge < -0.3 is 10.4 Å². The first-order chi connectivity index (χ1) is 13.0. The smallest absolute Gasteiger partial charge is 0.379 e. The van der Waals surface area contributed by atoms with Gasteiger partial charge in [-0.15, -0.1) is 11.3 Å². The van der Waals surface area contributed by atoms with Crippen LogP contribution in [0.15, 0.2) is 42.5 Å². The predicted octanol–water partition coefficient (Wildman–Crippen LogP) is 5.73. The van der Waals surface area contributed by atoms with Gasteiger partial charge in [0.05, 0.1) is 21.4 Å². The minimum absolute atomic E-state index is 0.444. The third-order valence-corrected chi connectivity index (χ3v) is 6.55. The second-order valence-corrected chi connectivity index (χ2v) is 9.24. The summed E-state index contributed by atoms with van der Waals surface area (Å²) >= 11 is 1.36. The number of benzene rings is 2. The first kappa shape index (κ1) is 19.2. The van der Waals surface area contributed by atoms with Crippen LogP contribution in [-0.4, -0.2) is 21.9 Å². The van der Waals surface area contributed by atoms with Crippen molar-refractivity contribution in [2.75, 3.05) is 5.32 Å². The minimum atomic E-state index is -4.81. The van der Waals surface area contributed by atoms with Gasteiger partial charge in [-0.2, -0.15) is 13.2 Å². The van der Waals surface area contributed by atoms with E-state index in [1.807, 2.05) is 13.0 Å². The number of halogens is 3. The highest BCUT2D eigenvalue weighted by Crippen LogP contribution is 2.53. The molecule has 2 bridgehead atoms. The number of aryl methyl sites for hydroxylation is 1. The summed E-state index contributed by atoms with van der Waals surface area (Å²) in [5.41, 5.74) is -1.43. The van der Waals surface area contributed by atoms with E-state index in [-0.39, 0.29) is 0 Å². The van der Waals surface area contributed by atoms with Crippen LogP contribution in [0.4, 0.5) is 18.9 Å². The summed E-state index contributed by atoms with van der Waals surface area (Å²) in [6.07, 6.45) is -5.28. The maximum absolute atomic E-state index is 14.3. The molecule has 3 heterocycles. The molecule has 28 heavy (non-hydrogen) atoms. The zero-order valence-corrected chi connectivity index (χ0v) is 16.6. The molecule has 2 aliphatic heterocycles. The number of fused-ring (bicyclic) bond motifs is 2. The van der Waals surface area contributed by atoms with E-state index in [9.17, 15) is 18.3 Å². The number of hydrogen-bond donors (Lipinski definition) is 2. The lowest BCUT2D eigenvalue weighted by molar-refractivity contribution is -0.273. The van der Waals surface area contributed by atoms with Crippen molar-refractivity contribution in [2.45, 2.75) is 50.4 Å². The number of aromatic nitrogens is 1. The number of nitrogens with one attached hydrogen (secondary N) is 1. The van der Waals surface area contributed by atoms with Gasteiger partial charge in [0.2, 0.25) is 0 Å². The van der Waals surface area contributed by atoms with E-state index in [1.165, 1.54) is 11.3 Å². The van der Waals surface area contributed by atoms with Gasteiger partial charge in [0.15, 0.2) is 5.60 Å². The van der Waals surface area contributed by atoms with Crippen molar-refractivity contribution < 1.29 is 18.3 Å². The number of aliphatic hydroxyl groups is 1.